The predicted molar refractivity (Wildman–Crippen MR) is 40.9 cm³/mol. The first-order valence-corrected chi connectivity index (χ1v) is 3.08. The van der Waals surface area contributed by atoms with E-state index in [-0.39, 0.29) is 58.8 Å². The molecule has 0 radical (unpaired) electrons. The van der Waals surface area contributed by atoms with E-state index in [1.165, 1.54) is 5.56 Å². The van der Waals surface area contributed by atoms with Gasteiger partial charge < -0.3 is 12.2 Å². The summed E-state index contributed by atoms with van der Waals surface area (Å²) < 4.78 is 5.28. The predicted octanol–water partition coefficient (Wildman–Crippen LogP) is -1.12. The Labute approximate surface area is 111 Å². The molecule has 2 heteroatoms. The van der Waals surface area contributed by atoms with E-state index in [0.717, 1.165) is 18.8 Å². The monoisotopic (exact) mass is 173 g/mol. The SMILES string of the molecule is [CH3-].[K+].[c-]1ccc2c(c1)CCO2. The Bertz CT molecular complexity index is 200. The average molecular weight is 173 g/mol. The van der Waals surface area contributed by atoms with E-state index in [1.807, 2.05) is 18.2 Å². The van der Waals surface area contributed by atoms with Gasteiger partial charge in [0.25, 0.3) is 0 Å². The van der Waals surface area contributed by atoms with Crippen molar-refractivity contribution < 1.29 is 56.1 Å². The minimum atomic E-state index is 0. The van der Waals surface area contributed by atoms with E-state index < -0.39 is 0 Å². The Kier molecular flexibility index (Phi) is 5.65. The van der Waals surface area contributed by atoms with Crippen molar-refractivity contribution >= 4 is 0 Å². The molecular formula is C9H10KO-. The van der Waals surface area contributed by atoms with Gasteiger partial charge in [-0.05, 0) is 6.42 Å². The third-order valence-electron chi connectivity index (χ3n) is 1.53. The summed E-state index contributed by atoms with van der Waals surface area (Å²) >= 11 is 0. The molecule has 0 unspecified atom stereocenters. The molecule has 1 aliphatic rings. The van der Waals surface area contributed by atoms with E-state index in [4.69, 9.17) is 4.74 Å². The molecule has 1 heterocycles. The fraction of sp³-hybridized carbons (Fsp3) is 0.222. The zero-order valence-electron chi connectivity index (χ0n) is 7.05. The van der Waals surface area contributed by atoms with Crippen LogP contribution in [0.1, 0.15) is 5.56 Å². The fourth-order valence-electron chi connectivity index (χ4n) is 1.06. The van der Waals surface area contributed by atoms with Gasteiger partial charge in [0, 0.05) is 5.75 Å². The van der Waals surface area contributed by atoms with Crippen molar-refractivity contribution in [1.29, 1.82) is 0 Å². The number of hydrogen-bond acceptors (Lipinski definition) is 1. The van der Waals surface area contributed by atoms with E-state index in [0.29, 0.717) is 0 Å². The van der Waals surface area contributed by atoms with Crippen molar-refractivity contribution in [2.45, 2.75) is 6.42 Å². The second-order valence-corrected chi connectivity index (χ2v) is 2.13. The van der Waals surface area contributed by atoms with Crippen molar-refractivity contribution in [2.75, 3.05) is 6.61 Å². The van der Waals surface area contributed by atoms with Gasteiger partial charge in [-0.25, -0.2) is 0 Å². The molecular weight excluding hydrogens is 163 g/mol. The smallest absolute Gasteiger partial charge is 0.519 e. The first kappa shape index (κ1) is 11.7. The molecule has 0 amide bonds. The summed E-state index contributed by atoms with van der Waals surface area (Å²) in [5.41, 5.74) is 1.29. The van der Waals surface area contributed by atoms with Gasteiger partial charge in [-0.3, -0.25) is 0 Å². The first-order chi connectivity index (χ1) is 4.47. The van der Waals surface area contributed by atoms with Crippen LogP contribution in [0.25, 0.3) is 0 Å². The maximum Gasteiger partial charge on any atom is 1.00 e. The van der Waals surface area contributed by atoms with Crippen LogP contribution in [0, 0.1) is 13.5 Å². The van der Waals surface area contributed by atoms with Crippen molar-refractivity contribution in [3.63, 3.8) is 0 Å². The number of benzene rings is 1. The normalized spacial score (nSPS) is 12.0. The molecule has 0 aliphatic carbocycles. The molecule has 0 N–H and O–H groups in total. The second kappa shape index (κ2) is 5.33. The van der Waals surface area contributed by atoms with Gasteiger partial charge >= 0.3 is 51.4 Å². The van der Waals surface area contributed by atoms with Gasteiger partial charge in [-0.1, -0.05) is 0 Å². The van der Waals surface area contributed by atoms with Crippen LogP contribution >= 0.6 is 0 Å². The Morgan fingerprint density at radius 2 is 2.27 bits per heavy atom. The van der Waals surface area contributed by atoms with Crippen molar-refractivity contribution in [3.8, 4) is 5.75 Å². The van der Waals surface area contributed by atoms with E-state index in [1.54, 1.807) is 0 Å². The Hall–Kier alpha value is 0.656. The summed E-state index contributed by atoms with van der Waals surface area (Å²) in [6.45, 7) is 0.840. The van der Waals surface area contributed by atoms with Gasteiger partial charge in [0.05, 0.1) is 6.61 Å². The molecule has 2 rings (SSSR count). The molecule has 0 spiro atoms. The third-order valence-corrected chi connectivity index (χ3v) is 1.53. The van der Waals surface area contributed by atoms with Gasteiger partial charge in [0.1, 0.15) is 0 Å². The topological polar surface area (TPSA) is 9.23 Å². The zero-order chi connectivity index (χ0) is 6.10. The van der Waals surface area contributed by atoms with Crippen molar-refractivity contribution in [1.82, 2.24) is 0 Å². The summed E-state index contributed by atoms with van der Waals surface area (Å²) in [6.07, 6.45) is 1.05. The minimum absolute atomic E-state index is 0. The maximum atomic E-state index is 5.28. The van der Waals surface area contributed by atoms with Crippen LogP contribution in [0.2, 0.25) is 0 Å². The Morgan fingerprint density at radius 1 is 1.45 bits per heavy atom. The summed E-state index contributed by atoms with van der Waals surface area (Å²) in [6, 6.07) is 8.84. The summed E-state index contributed by atoms with van der Waals surface area (Å²) in [4.78, 5) is 0. The summed E-state index contributed by atoms with van der Waals surface area (Å²) in [7, 11) is 0. The van der Waals surface area contributed by atoms with Crippen LogP contribution < -0.4 is 56.1 Å². The van der Waals surface area contributed by atoms with E-state index in [9.17, 15) is 0 Å². The van der Waals surface area contributed by atoms with Crippen LogP contribution in [0.5, 0.6) is 5.75 Å². The molecule has 1 aromatic rings. The molecule has 0 bridgehead atoms. The summed E-state index contributed by atoms with van der Waals surface area (Å²) in [5, 5.41) is 0. The number of hydrogen-bond donors (Lipinski definition) is 0. The van der Waals surface area contributed by atoms with Crippen LogP contribution in [0.4, 0.5) is 0 Å². The molecule has 0 saturated carbocycles. The summed E-state index contributed by atoms with van der Waals surface area (Å²) in [5.74, 6) is 1.04. The van der Waals surface area contributed by atoms with Gasteiger partial charge in [-0.2, -0.15) is 18.2 Å². The van der Waals surface area contributed by atoms with Gasteiger partial charge in [0.2, 0.25) is 0 Å². The van der Waals surface area contributed by atoms with Crippen LogP contribution in [0.3, 0.4) is 0 Å². The van der Waals surface area contributed by atoms with Crippen LogP contribution in [0.15, 0.2) is 18.2 Å². The van der Waals surface area contributed by atoms with E-state index >= 15 is 0 Å². The van der Waals surface area contributed by atoms with Gasteiger partial charge in [0.15, 0.2) is 0 Å². The third kappa shape index (κ3) is 2.56. The van der Waals surface area contributed by atoms with Gasteiger partial charge in [-0.15, -0.1) is 11.6 Å². The molecule has 54 valence electrons. The Morgan fingerprint density at radius 3 is 3.00 bits per heavy atom. The molecule has 0 aromatic heterocycles. The van der Waals surface area contributed by atoms with Crippen molar-refractivity contribution in [3.05, 3.63) is 37.3 Å². The standard InChI is InChI=1S/C8H7O.CH3.K/c1-2-4-8-7(3-1)5-6-9-8;;/h2-4H,5-6H2;1H3;/q2*-1;+1. The maximum absolute atomic E-state index is 5.28. The van der Waals surface area contributed by atoms with E-state index in [2.05, 4.69) is 6.07 Å². The minimum Gasteiger partial charge on any atom is -0.519 e. The Balaban J connectivity index is 0.000000500. The first-order valence-electron chi connectivity index (χ1n) is 3.08. The molecule has 1 nitrogen and oxygen atoms in total. The molecule has 0 saturated heterocycles. The quantitative estimate of drug-likeness (QED) is 0.356. The zero-order valence-corrected chi connectivity index (χ0v) is 10.2. The number of fused-ring (bicyclic) bond motifs is 1. The molecule has 1 aliphatic heterocycles. The number of ether oxygens (including phenoxy) is 1. The van der Waals surface area contributed by atoms with Crippen LogP contribution in [-0.4, -0.2) is 6.61 Å². The molecule has 11 heavy (non-hydrogen) atoms. The number of rotatable bonds is 0. The molecule has 1 aromatic carbocycles. The second-order valence-electron chi connectivity index (χ2n) is 2.13. The van der Waals surface area contributed by atoms with Crippen LogP contribution in [-0.2, 0) is 6.42 Å². The fourth-order valence-corrected chi connectivity index (χ4v) is 1.06. The average Bonchev–Trinajstić information content (AvgIpc) is 2.33. The molecule has 0 fully saturated rings. The largest absolute Gasteiger partial charge is 1.00 e. The molecule has 0 atom stereocenters. The van der Waals surface area contributed by atoms with Crippen molar-refractivity contribution in [2.24, 2.45) is 0 Å².